The third kappa shape index (κ3) is 5.73. The number of methoxy groups -OCH3 is 1. The Kier molecular flexibility index (Phi) is 8.93. The minimum absolute atomic E-state index is 0. The minimum atomic E-state index is -0.616. The number of halogens is 3. The molecule has 114 valence electrons. The van der Waals surface area contributed by atoms with Gasteiger partial charge in [-0.15, -0.1) is 12.4 Å². The van der Waals surface area contributed by atoms with Crippen molar-refractivity contribution < 1.29 is 14.3 Å². The van der Waals surface area contributed by atoms with E-state index in [-0.39, 0.29) is 18.3 Å². The van der Waals surface area contributed by atoms with Crippen molar-refractivity contribution in [2.24, 2.45) is 5.73 Å². The molecular formula is C12H17Cl3N2O3. The number of amides is 1. The van der Waals surface area contributed by atoms with Gasteiger partial charge in [0.2, 0.25) is 5.91 Å². The summed E-state index contributed by atoms with van der Waals surface area (Å²) < 4.78 is 10.3. The monoisotopic (exact) mass is 342 g/mol. The van der Waals surface area contributed by atoms with Gasteiger partial charge in [0.05, 0.1) is 22.7 Å². The van der Waals surface area contributed by atoms with Crippen LogP contribution in [-0.2, 0) is 9.53 Å². The van der Waals surface area contributed by atoms with Gasteiger partial charge >= 0.3 is 0 Å². The van der Waals surface area contributed by atoms with Crippen molar-refractivity contribution in [3.8, 4) is 5.75 Å². The van der Waals surface area contributed by atoms with E-state index in [2.05, 4.69) is 5.32 Å². The number of benzene rings is 1. The van der Waals surface area contributed by atoms with Crippen LogP contribution in [0.3, 0.4) is 0 Å². The van der Waals surface area contributed by atoms with Crippen LogP contribution in [0.4, 0.5) is 5.69 Å². The molecule has 1 atom stereocenters. The molecule has 5 nitrogen and oxygen atoms in total. The van der Waals surface area contributed by atoms with Gasteiger partial charge < -0.3 is 20.5 Å². The number of hydrogen-bond acceptors (Lipinski definition) is 4. The van der Waals surface area contributed by atoms with Crippen LogP contribution in [0.5, 0.6) is 5.75 Å². The zero-order valence-electron chi connectivity index (χ0n) is 11.1. The second-order valence-corrected chi connectivity index (χ2v) is 4.70. The normalized spacial score (nSPS) is 11.4. The molecule has 1 aromatic carbocycles. The molecule has 0 aromatic heterocycles. The highest BCUT2D eigenvalue weighted by Crippen LogP contribution is 2.36. The van der Waals surface area contributed by atoms with E-state index in [1.165, 1.54) is 0 Å². The molecule has 1 rings (SSSR count). The lowest BCUT2D eigenvalue weighted by Crippen LogP contribution is -2.32. The van der Waals surface area contributed by atoms with Gasteiger partial charge in [0, 0.05) is 12.8 Å². The van der Waals surface area contributed by atoms with E-state index in [1.807, 2.05) is 0 Å². The number of anilines is 1. The van der Waals surface area contributed by atoms with Crippen molar-refractivity contribution in [1.29, 1.82) is 0 Å². The zero-order valence-corrected chi connectivity index (χ0v) is 13.4. The van der Waals surface area contributed by atoms with Crippen LogP contribution in [0, 0.1) is 0 Å². The van der Waals surface area contributed by atoms with Crippen LogP contribution in [0.15, 0.2) is 12.1 Å². The van der Waals surface area contributed by atoms with E-state index >= 15 is 0 Å². The fraction of sp³-hybridized carbons (Fsp3) is 0.417. The van der Waals surface area contributed by atoms with E-state index < -0.39 is 6.04 Å². The van der Waals surface area contributed by atoms with Gasteiger partial charge in [-0.25, -0.2) is 0 Å². The Balaban J connectivity index is 0.00000361. The number of hydrogen-bond donors (Lipinski definition) is 2. The summed E-state index contributed by atoms with van der Waals surface area (Å²) in [5, 5.41) is 3.22. The SMILES string of the molecule is COCCOc1c(Cl)cc(NC(=O)[C@@H](C)N)cc1Cl.Cl. The third-order valence-electron chi connectivity index (χ3n) is 2.21. The lowest BCUT2D eigenvalue weighted by Gasteiger charge is -2.13. The number of ether oxygens (including phenoxy) is 2. The fourth-order valence-corrected chi connectivity index (χ4v) is 1.85. The highest BCUT2D eigenvalue weighted by Gasteiger charge is 2.13. The van der Waals surface area contributed by atoms with Crippen LogP contribution < -0.4 is 15.8 Å². The van der Waals surface area contributed by atoms with Gasteiger partial charge in [-0.1, -0.05) is 23.2 Å². The lowest BCUT2D eigenvalue weighted by atomic mass is 10.2. The Labute approximate surface area is 134 Å². The van der Waals surface area contributed by atoms with Gasteiger partial charge in [-0.2, -0.15) is 0 Å². The summed E-state index contributed by atoms with van der Waals surface area (Å²) in [6.07, 6.45) is 0. The standard InChI is InChI=1S/C12H16Cl2N2O3.ClH/c1-7(15)12(17)16-8-5-9(13)11(10(14)6-8)19-4-3-18-2;/h5-7H,3-4,15H2,1-2H3,(H,16,17);1H/t7-;/m1./s1. The van der Waals surface area contributed by atoms with Crippen molar-refractivity contribution >= 4 is 47.2 Å². The smallest absolute Gasteiger partial charge is 0.241 e. The first-order valence-corrected chi connectivity index (χ1v) is 6.38. The molecule has 0 unspecified atom stereocenters. The predicted octanol–water partition coefficient (Wildman–Crippen LogP) is 2.73. The first kappa shape index (κ1) is 19.3. The zero-order chi connectivity index (χ0) is 14.4. The van der Waals surface area contributed by atoms with Crippen molar-refractivity contribution in [2.75, 3.05) is 25.6 Å². The Hall–Kier alpha value is -0.720. The minimum Gasteiger partial charge on any atom is -0.488 e. The van der Waals surface area contributed by atoms with Crippen molar-refractivity contribution in [1.82, 2.24) is 0 Å². The molecule has 0 bridgehead atoms. The predicted molar refractivity (Wildman–Crippen MR) is 83.4 cm³/mol. The summed E-state index contributed by atoms with van der Waals surface area (Å²) in [6, 6.07) is 2.49. The summed E-state index contributed by atoms with van der Waals surface area (Å²) >= 11 is 12.1. The molecule has 0 fully saturated rings. The van der Waals surface area contributed by atoms with Gasteiger partial charge in [-0.05, 0) is 19.1 Å². The maximum absolute atomic E-state index is 11.5. The summed E-state index contributed by atoms with van der Waals surface area (Å²) in [7, 11) is 1.57. The van der Waals surface area contributed by atoms with Gasteiger partial charge in [0.15, 0.2) is 5.75 Å². The Morgan fingerprint density at radius 3 is 2.35 bits per heavy atom. The van der Waals surface area contributed by atoms with Gasteiger partial charge in [-0.3, -0.25) is 4.79 Å². The Morgan fingerprint density at radius 1 is 1.35 bits per heavy atom. The summed E-state index contributed by atoms with van der Waals surface area (Å²) in [4.78, 5) is 11.5. The molecule has 3 N–H and O–H groups in total. The molecule has 1 aromatic rings. The molecule has 0 aliphatic rings. The molecule has 0 aliphatic heterocycles. The lowest BCUT2D eigenvalue weighted by molar-refractivity contribution is -0.117. The van der Waals surface area contributed by atoms with Gasteiger partial charge in [0.1, 0.15) is 6.61 Å². The topological polar surface area (TPSA) is 73.6 Å². The van der Waals surface area contributed by atoms with E-state index in [9.17, 15) is 4.79 Å². The molecule has 0 aliphatic carbocycles. The number of rotatable bonds is 6. The van der Waals surface area contributed by atoms with E-state index in [0.29, 0.717) is 34.7 Å². The first-order chi connectivity index (χ1) is 8.95. The maximum atomic E-state index is 11.5. The molecular weight excluding hydrogens is 327 g/mol. The van der Waals surface area contributed by atoms with Crippen LogP contribution in [0.1, 0.15) is 6.92 Å². The number of carbonyl (C=O) groups is 1. The molecule has 1 amide bonds. The van der Waals surface area contributed by atoms with Crippen LogP contribution in [0.2, 0.25) is 10.0 Å². The second-order valence-electron chi connectivity index (χ2n) is 3.89. The molecule has 0 saturated carbocycles. The van der Waals surface area contributed by atoms with Crippen molar-refractivity contribution in [2.45, 2.75) is 13.0 Å². The molecule has 0 spiro atoms. The van der Waals surface area contributed by atoms with Crippen molar-refractivity contribution in [3.05, 3.63) is 22.2 Å². The average Bonchev–Trinajstić information content (AvgIpc) is 2.32. The van der Waals surface area contributed by atoms with E-state index in [4.69, 9.17) is 38.4 Å². The number of nitrogens with one attached hydrogen (secondary N) is 1. The molecule has 8 heteroatoms. The molecule has 20 heavy (non-hydrogen) atoms. The Morgan fingerprint density at radius 2 is 1.90 bits per heavy atom. The fourth-order valence-electron chi connectivity index (χ4n) is 1.25. The third-order valence-corrected chi connectivity index (χ3v) is 2.77. The van der Waals surface area contributed by atoms with E-state index in [0.717, 1.165) is 0 Å². The van der Waals surface area contributed by atoms with Crippen LogP contribution in [0.25, 0.3) is 0 Å². The van der Waals surface area contributed by atoms with E-state index in [1.54, 1.807) is 26.2 Å². The summed E-state index contributed by atoms with van der Waals surface area (Å²) in [5.74, 6) is 0.0411. The summed E-state index contributed by atoms with van der Waals surface area (Å²) in [5.41, 5.74) is 5.92. The quantitative estimate of drug-likeness (QED) is 0.779. The van der Waals surface area contributed by atoms with Crippen LogP contribution in [-0.4, -0.2) is 32.3 Å². The number of nitrogens with two attached hydrogens (primary N) is 1. The molecule has 0 heterocycles. The van der Waals surface area contributed by atoms with Crippen LogP contribution >= 0.6 is 35.6 Å². The molecule has 0 radical (unpaired) electrons. The average molecular weight is 344 g/mol. The van der Waals surface area contributed by atoms with Crippen molar-refractivity contribution in [3.63, 3.8) is 0 Å². The Bertz CT molecular complexity index is 433. The molecule has 0 saturated heterocycles. The largest absolute Gasteiger partial charge is 0.488 e. The highest BCUT2D eigenvalue weighted by molar-refractivity contribution is 6.37. The first-order valence-electron chi connectivity index (χ1n) is 5.63. The number of carbonyl (C=O) groups excluding carboxylic acids is 1. The second kappa shape index (κ2) is 9.26. The maximum Gasteiger partial charge on any atom is 0.241 e. The highest BCUT2D eigenvalue weighted by atomic mass is 35.5. The van der Waals surface area contributed by atoms with Gasteiger partial charge in [0.25, 0.3) is 0 Å². The summed E-state index contributed by atoms with van der Waals surface area (Å²) in [6.45, 7) is 2.35.